The van der Waals surface area contributed by atoms with Crippen LogP contribution in [0.5, 0.6) is 5.75 Å². The lowest BCUT2D eigenvalue weighted by Crippen LogP contribution is -2.45. The third kappa shape index (κ3) is 9.93. The number of rotatable bonds is 18. The Morgan fingerprint density at radius 2 is 1.72 bits per heavy atom. The van der Waals surface area contributed by atoms with E-state index in [4.69, 9.17) is 4.74 Å². The Labute approximate surface area is 231 Å². The normalized spacial score (nSPS) is 17.7. The third-order valence-electron chi connectivity index (χ3n) is 7.06. The van der Waals surface area contributed by atoms with Gasteiger partial charge in [0, 0.05) is 31.7 Å². The Morgan fingerprint density at radius 3 is 2.46 bits per heavy atom. The number of nitrogens with one attached hydrogen (secondary N) is 3. The zero-order chi connectivity index (χ0) is 28.1. The zero-order valence-corrected chi connectivity index (χ0v) is 22.9. The van der Waals surface area contributed by atoms with Gasteiger partial charge < -0.3 is 30.7 Å². The van der Waals surface area contributed by atoms with E-state index in [-0.39, 0.29) is 18.3 Å². The second-order valence-corrected chi connectivity index (χ2v) is 10.5. The van der Waals surface area contributed by atoms with E-state index in [0.717, 1.165) is 70.3 Å². The van der Waals surface area contributed by atoms with Gasteiger partial charge >= 0.3 is 6.03 Å². The maximum Gasteiger partial charge on any atom is 0.322 e. The van der Waals surface area contributed by atoms with Crippen LogP contribution in [0.4, 0.5) is 4.79 Å². The van der Waals surface area contributed by atoms with Crippen LogP contribution in [-0.2, 0) is 29.0 Å². The molecule has 39 heavy (non-hydrogen) atoms. The van der Waals surface area contributed by atoms with Crippen molar-refractivity contribution in [3.05, 3.63) is 64.7 Å². The lowest BCUT2D eigenvalue weighted by atomic mass is 9.92. The summed E-state index contributed by atoms with van der Waals surface area (Å²) in [6.07, 6.45) is 7.02. The second-order valence-electron chi connectivity index (χ2n) is 10.5. The molecule has 1 aliphatic rings. The van der Waals surface area contributed by atoms with Crippen LogP contribution < -0.4 is 16.0 Å². The molecule has 0 bridgehead atoms. The van der Waals surface area contributed by atoms with Gasteiger partial charge in [-0.2, -0.15) is 0 Å². The Hall–Kier alpha value is -2.98. The quantitative estimate of drug-likeness (QED) is 0.126. The first kappa shape index (κ1) is 30.6. The highest BCUT2D eigenvalue weighted by atomic mass is 16.5. The molecule has 214 valence electrons. The highest BCUT2D eigenvalue weighted by molar-refractivity contribution is 6.06. The van der Waals surface area contributed by atoms with Gasteiger partial charge in [-0.3, -0.25) is 10.1 Å². The summed E-state index contributed by atoms with van der Waals surface area (Å²) in [5.74, 6) is -0.250. The van der Waals surface area contributed by atoms with Crippen LogP contribution in [0.1, 0.15) is 73.8 Å². The minimum Gasteiger partial charge on any atom is -0.508 e. The molecular formula is C30H43N3O6. The lowest BCUT2D eigenvalue weighted by molar-refractivity contribution is -0.123. The Kier molecular flexibility index (Phi) is 12.2. The molecular weight excluding hydrogens is 498 g/mol. The van der Waals surface area contributed by atoms with Gasteiger partial charge in [-0.1, -0.05) is 43.2 Å². The van der Waals surface area contributed by atoms with Crippen LogP contribution in [0.3, 0.4) is 0 Å². The maximum atomic E-state index is 12.1. The molecule has 2 aromatic rings. The predicted octanol–water partition coefficient (Wildman–Crippen LogP) is 3.25. The molecule has 9 heteroatoms. The van der Waals surface area contributed by atoms with E-state index < -0.39 is 17.7 Å². The number of carbonyl (C=O) groups excluding carboxylic acids is 2. The van der Waals surface area contributed by atoms with Gasteiger partial charge in [-0.05, 0) is 74.4 Å². The molecule has 2 atom stereocenters. The first-order chi connectivity index (χ1) is 18.8. The number of hydrogen-bond donors (Lipinski definition) is 6. The highest BCUT2D eigenvalue weighted by Crippen LogP contribution is 2.22. The summed E-state index contributed by atoms with van der Waals surface area (Å²) in [5.41, 5.74) is 2.45. The van der Waals surface area contributed by atoms with Crippen LogP contribution in [-0.4, -0.2) is 59.1 Å². The van der Waals surface area contributed by atoms with Crippen molar-refractivity contribution in [1.29, 1.82) is 0 Å². The van der Waals surface area contributed by atoms with Crippen molar-refractivity contribution in [3.8, 4) is 5.75 Å². The summed E-state index contributed by atoms with van der Waals surface area (Å²) < 4.78 is 5.79. The summed E-state index contributed by atoms with van der Waals surface area (Å²) in [4.78, 5) is 23.5. The molecule has 6 N–H and O–H groups in total. The summed E-state index contributed by atoms with van der Waals surface area (Å²) in [5, 5.41) is 37.4. The molecule has 9 nitrogen and oxygen atoms in total. The molecule has 1 fully saturated rings. The van der Waals surface area contributed by atoms with Crippen LogP contribution in [0, 0.1) is 0 Å². The van der Waals surface area contributed by atoms with E-state index in [1.54, 1.807) is 19.1 Å². The molecule has 0 saturated carbocycles. The summed E-state index contributed by atoms with van der Waals surface area (Å²) in [6, 6.07) is 12.5. The van der Waals surface area contributed by atoms with Crippen molar-refractivity contribution in [2.24, 2.45) is 0 Å². The van der Waals surface area contributed by atoms with Crippen molar-refractivity contribution >= 4 is 11.9 Å². The van der Waals surface area contributed by atoms with Crippen molar-refractivity contribution in [2.45, 2.75) is 76.5 Å². The number of imide groups is 1. The van der Waals surface area contributed by atoms with Crippen LogP contribution in [0.25, 0.3) is 0 Å². The molecule has 3 amide bonds. The van der Waals surface area contributed by atoms with Gasteiger partial charge in [0.25, 0.3) is 5.91 Å². The Morgan fingerprint density at radius 1 is 0.974 bits per heavy atom. The fourth-order valence-corrected chi connectivity index (χ4v) is 4.75. The average Bonchev–Trinajstić information content (AvgIpc) is 3.17. The van der Waals surface area contributed by atoms with E-state index in [9.17, 15) is 24.9 Å². The molecule has 0 spiro atoms. The summed E-state index contributed by atoms with van der Waals surface area (Å²) >= 11 is 0. The number of urea groups is 1. The number of aliphatic hydroxyl groups excluding tert-OH is 2. The first-order valence-corrected chi connectivity index (χ1v) is 13.9. The van der Waals surface area contributed by atoms with Crippen molar-refractivity contribution in [3.63, 3.8) is 0 Å². The summed E-state index contributed by atoms with van der Waals surface area (Å²) in [6.45, 7) is 4.25. The molecule has 1 saturated heterocycles. The van der Waals surface area contributed by atoms with Crippen LogP contribution >= 0.6 is 0 Å². The van der Waals surface area contributed by atoms with Gasteiger partial charge in [-0.25, -0.2) is 4.79 Å². The standard InChI is InChI=1S/C30H43N3O6/c1-30(28(37)32-29(38)33-30)19-23-11-8-10-22(17-23)9-4-7-16-39-15-6-3-2-5-14-31-20-27(36)24-12-13-26(35)25(18-24)21-34/h8,10-13,17-18,27,31,34-36H,2-7,9,14-16,19-21H2,1H3,(H2,32,33,37,38)/t27-,30+/m0/s1. The fourth-order valence-electron chi connectivity index (χ4n) is 4.75. The topological polar surface area (TPSA) is 140 Å². The number of aliphatic hydroxyl groups is 2. The predicted molar refractivity (Wildman–Crippen MR) is 149 cm³/mol. The smallest absolute Gasteiger partial charge is 0.322 e. The third-order valence-corrected chi connectivity index (χ3v) is 7.06. The van der Waals surface area contributed by atoms with Gasteiger partial charge in [0.05, 0.1) is 12.7 Å². The van der Waals surface area contributed by atoms with Gasteiger partial charge in [-0.15, -0.1) is 0 Å². The number of aromatic hydroxyl groups is 1. The van der Waals surface area contributed by atoms with E-state index in [1.165, 1.54) is 11.6 Å². The molecule has 0 radical (unpaired) electrons. The number of carbonyl (C=O) groups is 2. The molecule has 1 heterocycles. The SMILES string of the molecule is C[C@]1(Cc2cccc(CCCCOCCCCCCNC[C@H](O)c3ccc(O)c(CO)c3)c2)NC(=O)NC1=O. The summed E-state index contributed by atoms with van der Waals surface area (Å²) in [7, 11) is 0. The largest absolute Gasteiger partial charge is 0.508 e. The number of aryl methyl sites for hydroxylation is 1. The first-order valence-electron chi connectivity index (χ1n) is 13.9. The number of benzene rings is 2. The number of unbranched alkanes of at least 4 members (excludes halogenated alkanes) is 4. The lowest BCUT2D eigenvalue weighted by Gasteiger charge is -2.20. The monoisotopic (exact) mass is 541 g/mol. The highest BCUT2D eigenvalue weighted by Gasteiger charge is 2.41. The van der Waals surface area contributed by atoms with E-state index in [2.05, 4.69) is 28.1 Å². The van der Waals surface area contributed by atoms with Crippen molar-refractivity contribution < 1.29 is 29.6 Å². The molecule has 0 aromatic heterocycles. The van der Waals surface area contributed by atoms with Crippen molar-refractivity contribution in [1.82, 2.24) is 16.0 Å². The van der Waals surface area contributed by atoms with Gasteiger partial charge in [0.15, 0.2) is 0 Å². The van der Waals surface area contributed by atoms with Crippen LogP contribution in [0.15, 0.2) is 42.5 Å². The number of ether oxygens (including phenoxy) is 1. The minimum atomic E-state index is -0.900. The molecule has 0 unspecified atom stereocenters. The molecule has 1 aliphatic heterocycles. The average molecular weight is 542 g/mol. The van der Waals surface area contributed by atoms with Crippen molar-refractivity contribution in [2.75, 3.05) is 26.3 Å². The minimum absolute atomic E-state index is 0.0354. The fraction of sp³-hybridized carbons (Fsp3) is 0.533. The second kappa shape index (κ2) is 15.6. The molecule has 0 aliphatic carbocycles. The van der Waals surface area contributed by atoms with Gasteiger partial charge in [0.1, 0.15) is 11.3 Å². The molecule has 3 rings (SSSR count). The van der Waals surface area contributed by atoms with Crippen LogP contribution in [0.2, 0.25) is 0 Å². The Bertz CT molecular complexity index is 1080. The Balaban J connectivity index is 1.17. The van der Waals surface area contributed by atoms with Gasteiger partial charge in [0.2, 0.25) is 0 Å². The number of phenols is 1. The zero-order valence-electron chi connectivity index (χ0n) is 22.9. The molecule has 2 aromatic carbocycles. The van der Waals surface area contributed by atoms with E-state index >= 15 is 0 Å². The van der Waals surface area contributed by atoms with E-state index in [0.29, 0.717) is 24.1 Å². The maximum absolute atomic E-state index is 12.1. The number of amides is 3. The number of hydrogen-bond acceptors (Lipinski definition) is 7. The van der Waals surface area contributed by atoms with E-state index in [1.807, 2.05) is 12.1 Å².